The van der Waals surface area contributed by atoms with Crippen LogP contribution in [0.3, 0.4) is 0 Å². The zero-order chi connectivity index (χ0) is 22.4. The summed E-state index contributed by atoms with van der Waals surface area (Å²) in [7, 11) is 1.75. The van der Waals surface area contributed by atoms with Gasteiger partial charge in [-0.15, -0.1) is 22.0 Å². The Bertz CT molecular complexity index is 1090. The topological polar surface area (TPSA) is 88.9 Å². The molecule has 0 radical (unpaired) electrons. The highest BCUT2D eigenvalue weighted by Crippen LogP contribution is 2.22. The largest absolute Gasteiger partial charge is 0.342 e. The van der Waals surface area contributed by atoms with Gasteiger partial charge in [0.15, 0.2) is 11.0 Å². The molecule has 162 valence electrons. The first-order valence-corrected chi connectivity index (χ1v) is 11.6. The molecule has 3 rings (SSSR count). The van der Waals surface area contributed by atoms with Crippen molar-refractivity contribution in [3.05, 3.63) is 65.7 Å². The van der Waals surface area contributed by atoms with Gasteiger partial charge in [0.2, 0.25) is 5.91 Å². The van der Waals surface area contributed by atoms with Gasteiger partial charge in [0.1, 0.15) is 5.82 Å². The standard InChI is InChI=1S/C21H22FN5O2S2/c1-13(23-20(29)16-9-4-5-10-17(16)22)19-25-26-21(27(19)2)31-12-18(28)24-14-7-6-8-15(11-14)30-3/h4-11,13H,12H2,1-3H3,(H,23,29)(H,24,28)/t13-/m0/s1. The third-order valence-electron chi connectivity index (χ3n) is 4.41. The van der Waals surface area contributed by atoms with Crippen molar-refractivity contribution in [3.8, 4) is 0 Å². The number of amides is 2. The number of halogens is 1. The Kier molecular flexibility index (Phi) is 7.69. The van der Waals surface area contributed by atoms with E-state index in [0.29, 0.717) is 11.0 Å². The van der Waals surface area contributed by atoms with Crippen molar-refractivity contribution in [2.75, 3.05) is 17.3 Å². The van der Waals surface area contributed by atoms with Crippen molar-refractivity contribution in [1.82, 2.24) is 20.1 Å². The Morgan fingerprint density at radius 2 is 1.94 bits per heavy atom. The fourth-order valence-electron chi connectivity index (χ4n) is 2.84. The number of nitrogens with zero attached hydrogens (tertiary/aromatic N) is 3. The normalized spacial score (nSPS) is 11.7. The van der Waals surface area contributed by atoms with Gasteiger partial charge in [-0.05, 0) is 43.5 Å². The molecule has 0 saturated carbocycles. The van der Waals surface area contributed by atoms with Gasteiger partial charge in [0, 0.05) is 17.6 Å². The minimum atomic E-state index is -0.588. The lowest BCUT2D eigenvalue weighted by Gasteiger charge is -2.14. The molecule has 1 heterocycles. The van der Waals surface area contributed by atoms with E-state index in [0.717, 1.165) is 10.6 Å². The lowest BCUT2D eigenvalue weighted by Crippen LogP contribution is -2.29. The van der Waals surface area contributed by atoms with Crippen LogP contribution in [0, 0.1) is 5.82 Å². The van der Waals surface area contributed by atoms with Crippen LogP contribution in [0.25, 0.3) is 0 Å². The van der Waals surface area contributed by atoms with Gasteiger partial charge in [-0.2, -0.15) is 0 Å². The van der Waals surface area contributed by atoms with Crippen LogP contribution >= 0.6 is 23.5 Å². The van der Waals surface area contributed by atoms with Gasteiger partial charge in [-0.3, -0.25) is 9.59 Å². The monoisotopic (exact) mass is 459 g/mol. The van der Waals surface area contributed by atoms with Gasteiger partial charge in [0.25, 0.3) is 5.91 Å². The third kappa shape index (κ3) is 5.86. The number of hydrogen-bond acceptors (Lipinski definition) is 6. The molecule has 2 aromatic carbocycles. The van der Waals surface area contributed by atoms with Crippen LogP contribution < -0.4 is 10.6 Å². The Morgan fingerprint density at radius 3 is 2.68 bits per heavy atom. The maximum Gasteiger partial charge on any atom is 0.254 e. The van der Waals surface area contributed by atoms with Crippen LogP contribution in [0.2, 0.25) is 0 Å². The van der Waals surface area contributed by atoms with Gasteiger partial charge < -0.3 is 15.2 Å². The van der Waals surface area contributed by atoms with Crippen molar-refractivity contribution in [1.29, 1.82) is 0 Å². The minimum absolute atomic E-state index is 0.0340. The molecule has 0 unspecified atom stereocenters. The molecule has 7 nitrogen and oxygen atoms in total. The highest BCUT2D eigenvalue weighted by Gasteiger charge is 2.20. The van der Waals surface area contributed by atoms with E-state index < -0.39 is 17.8 Å². The van der Waals surface area contributed by atoms with Crippen molar-refractivity contribution in [2.24, 2.45) is 7.05 Å². The van der Waals surface area contributed by atoms with Gasteiger partial charge in [-0.1, -0.05) is 30.0 Å². The van der Waals surface area contributed by atoms with Crippen molar-refractivity contribution >= 4 is 41.0 Å². The number of carbonyl (C=O) groups is 2. The third-order valence-corrected chi connectivity index (χ3v) is 6.15. The summed E-state index contributed by atoms with van der Waals surface area (Å²) < 4.78 is 15.5. The summed E-state index contributed by atoms with van der Waals surface area (Å²) in [6, 6.07) is 12.9. The summed E-state index contributed by atoms with van der Waals surface area (Å²) in [5.41, 5.74) is 0.703. The molecule has 3 aromatic rings. The van der Waals surface area contributed by atoms with Crippen LogP contribution in [0.15, 0.2) is 58.6 Å². The number of rotatable bonds is 8. The molecular weight excluding hydrogens is 437 g/mol. The Morgan fingerprint density at radius 1 is 1.16 bits per heavy atom. The highest BCUT2D eigenvalue weighted by molar-refractivity contribution is 7.99. The average molecular weight is 460 g/mol. The van der Waals surface area contributed by atoms with Crippen LogP contribution in [0.5, 0.6) is 0 Å². The second kappa shape index (κ2) is 10.5. The molecule has 31 heavy (non-hydrogen) atoms. The Labute approximate surface area is 188 Å². The van der Waals surface area contributed by atoms with Crippen molar-refractivity contribution in [2.45, 2.75) is 23.0 Å². The SMILES string of the molecule is CSc1cccc(NC(=O)CSc2nnc([C@H](C)NC(=O)c3ccccc3F)n2C)c1. The van der Waals surface area contributed by atoms with Crippen LogP contribution in [0.4, 0.5) is 10.1 Å². The molecule has 0 aliphatic carbocycles. The van der Waals surface area contributed by atoms with Crippen molar-refractivity contribution in [3.63, 3.8) is 0 Å². The second-order valence-corrected chi connectivity index (χ2v) is 8.47. The van der Waals surface area contributed by atoms with Gasteiger partial charge in [0.05, 0.1) is 17.4 Å². The number of aromatic nitrogens is 3. The summed E-state index contributed by atoms with van der Waals surface area (Å²) in [6.07, 6.45) is 1.97. The quantitative estimate of drug-likeness (QED) is 0.497. The summed E-state index contributed by atoms with van der Waals surface area (Å²) in [6.45, 7) is 1.74. The number of nitrogens with one attached hydrogen (secondary N) is 2. The first-order chi connectivity index (χ1) is 14.9. The summed E-state index contributed by atoms with van der Waals surface area (Å²) in [5, 5.41) is 14.3. The number of hydrogen-bond donors (Lipinski definition) is 2. The Balaban J connectivity index is 1.58. The molecule has 0 spiro atoms. The molecule has 0 bridgehead atoms. The van der Waals surface area contributed by atoms with E-state index >= 15 is 0 Å². The lowest BCUT2D eigenvalue weighted by molar-refractivity contribution is -0.113. The molecule has 0 aliphatic heterocycles. The number of thioether (sulfide) groups is 2. The molecule has 10 heteroatoms. The maximum atomic E-state index is 13.8. The fourth-order valence-corrected chi connectivity index (χ4v) is 4.02. The van der Waals surface area contributed by atoms with E-state index in [1.165, 1.54) is 30.0 Å². The van der Waals surface area contributed by atoms with E-state index in [1.54, 1.807) is 36.4 Å². The van der Waals surface area contributed by atoms with Crippen LogP contribution in [-0.4, -0.2) is 38.6 Å². The fraction of sp³-hybridized carbons (Fsp3) is 0.238. The summed E-state index contributed by atoms with van der Waals surface area (Å²) in [4.78, 5) is 25.7. The van der Waals surface area contributed by atoms with Crippen LogP contribution in [-0.2, 0) is 11.8 Å². The van der Waals surface area contributed by atoms with Gasteiger partial charge >= 0.3 is 0 Å². The minimum Gasteiger partial charge on any atom is -0.342 e. The zero-order valence-corrected chi connectivity index (χ0v) is 18.9. The zero-order valence-electron chi connectivity index (χ0n) is 17.3. The Hall–Kier alpha value is -2.85. The molecule has 0 fully saturated rings. The number of benzene rings is 2. The molecule has 1 aromatic heterocycles. The second-order valence-electron chi connectivity index (χ2n) is 6.64. The van der Waals surface area contributed by atoms with E-state index in [1.807, 2.05) is 30.5 Å². The maximum absolute atomic E-state index is 13.8. The molecule has 2 amide bonds. The molecule has 0 aliphatic rings. The van der Waals surface area contributed by atoms with E-state index in [-0.39, 0.29) is 17.2 Å². The smallest absolute Gasteiger partial charge is 0.254 e. The predicted molar refractivity (Wildman–Crippen MR) is 121 cm³/mol. The first kappa shape index (κ1) is 22.8. The van der Waals surface area contributed by atoms with E-state index in [4.69, 9.17) is 0 Å². The molecular formula is C21H22FN5O2S2. The highest BCUT2D eigenvalue weighted by atomic mass is 32.2. The molecule has 0 saturated heterocycles. The summed E-state index contributed by atoms with van der Waals surface area (Å²) in [5.74, 6) is -0.620. The molecule has 2 N–H and O–H groups in total. The lowest BCUT2D eigenvalue weighted by atomic mass is 10.2. The van der Waals surface area contributed by atoms with E-state index in [2.05, 4.69) is 20.8 Å². The first-order valence-electron chi connectivity index (χ1n) is 9.40. The molecule has 1 atom stereocenters. The summed E-state index contributed by atoms with van der Waals surface area (Å²) >= 11 is 2.84. The number of carbonyl (C=O) groups excluding carboxylic acids is 2. The van der Waals surface area contributed by atoms with E-state index in [9.17, 15) is 14.0 Å². The predicted octanol–water partition coefficient (Wildman–Crippen LogP) is 3.90. The van der Waals surface area contributed by atoms with Crippen LogP contribution in [0.1, 0.15) is 29.1 Å². The number of anilines is 1. The van der Waals surface area contributed by atoms with Gasteiger partial charge in [-0.25, -0.2) is 4.39 Å². The average Bonchev–Trinajstić information content (AvgIpc) is 3.13. The van der Waals surface area contributed by atoms with Crippen molar-refractivity contribution < 1.29 is 14.0 Å².